The van der Waals surface area contributed by atoms with E-state index in [2.05, 4.69) is 49.2 Å². The number of amides is 1. The topological polar surface area (TPSA) is 33.2 Å². The minimum atomic E-state index is 0.0539. The molecular weight excluding hydrogens is 308 g/mol. The molecule has 0 atom stereocenters. The van der Waals surface area contributed by atoms with E-state index >= 15 is 0 Å². The number of nitrogens with zero attached hydrogens (tertiary/aromatic N) is 2. The highest BCUT2D eigenvalue weighted by atomic mass is 16.2. The van der Waals surface area contributed by atoms with E-state index in [1.807, 2.05) is 24.0 Å². The van der Waals surface area contributed by atoms with Crippen LogP contribution in [0.1, 0.15) is 39.2 Å². The van der Waals surface area contributed by atoms with Gasteiger partial charge in [-0.05, 0) is 63.4 Å². The van der Waals surface area contributed by atoms with Crippen LogP contribution in [0, 0.1) is 20.8 Å². The summed E-state index contributed by atoms with van der Waals surface area (Å²) in [6, 6.07) is 14.5. The van der Waals surface area contributed by atoms with Crippen LogP contribution in [0.15, 0.2) is 42.5 Å². The third-order valence-corrected chi connectivity index (χ3v) is 4.99. The molecule has 0 spiro atoms. The van der Waals surface area contributed by atoms with Crippen molar-refractivity contribution in [3.8, 4) is 0 Å². The molecule has 0 radical (unpaired) electrons. The van der Waals surface area contributed by atoms with Gasteiger partial charge in [0.05, 0.1) is 16.8 Å². The molecule has 0 unspecified atom stereocenters. The number of carbonyl (C=O) groups excluding carboxylic acids is 1. The average molecular weight is 330 g/mol. The molecule has 3 heteroatoms. The molecule has 1 amide bonds. The Balaban J connectivity index is 1.79. The normalized spacial score (nSPS) is 13.8. The van der Waals surface area contributed by atoms with E-state index in [0.29, 0.717) is 5.56 Å². The van der Waals surface area contributed by atoms with Gasteiger partial charge in [0.2, 0.25) is 0 Å². The Morgan fingerprint density at radius 1 is 1.00 bits per heavy atom. The number of pyridine rings is 1. The Kier molecular flexibility index (Phi) is 3.79. The zero-order chi connectivity index (χ0) is 17.6. The highest BCUT2D eigenvalue weighted by molar-refractivity contribution is 6.09. The molecule has 1 aliphatic heterocycles. The van der Waals surface area contributed by atoms with Crippen molar-refractivity contribution in [3.05, 3.63) is 70.4 Å². The van der Waals surface area contributed by atoms with E-state index in [-0.39, 0.29) is 5.91 Å². The molecule has 0 bridgehead atoms. The van der Waals surface area contributed by atoms with Crippen molar-refractivity contribution in [3.63, 3.8) is 0 Å². The summed E-state index contributed by atoms with van der Waals surface area (Å²) in [6.45, 7) is 6.84. The molecule has 25 heavy (non-hydrogen) atoms. The van der Waals surface area contributed by atoms with Gasteiger partial charge < -0.3 is 4.90 Å². The predicted octanol–water partition coefficient (Wildman–Crippen LogP) is 4.75. The maximum Gasteiger partial charge on any atom is 0.260 e. The van der Waals surface area contributed by atoms with Crippen molar-refractivity contribution in [2.24, 2.45) is 0 Å². The van der Waals surface area contributed by atoms with Crippen molar-refractivity contribution in [1.82, 2.24) is 4.98 Å². The first-order chi connectivity index (χ1) is 12.0. The number of fused-ring (bicyclic) bond motifs is 2. The first-order valence-electron chi connectivity index (χ1n) is 8.82. The van der Waals surface area contributed by atoms with Gasteiger partial charge in [0, 0.05) is 17.6 Å². The summed E-state index contributed by atoms with van der Waals surface area (Å²) in [5, 5.41) is 1.02. The van der Waals surface area contributed by atoms with Crippen LogP contribution in [-0.4, -0.2) is 17.4 Å². The lowest BCUT2D eigenvalue weighted by molar-refractivity contribution is 0.0984. The van der Waals surface area contributed by atoms with Gasteiger partial charge in [0.15, 0.2) is 0 Å². The third-order valence-electron chi connectivity index (χ3n) is 4.99. The van der Waals surface area contributed by atoms with Crippen LogP contribution in [0.25, 0.3) is 10.9 Å². The summed E-state index contributed by atoms with van der Waals surface area (Å²) >= 11 is 0. The summed E-state index contributed by atoms with van der Waals surface area (Å²) in [5.41, 5.74) is 7.16. The molecule has 1 aliphatic rings. The van der Waals surface area contributed by atoms with Crippen LogP contribution < -0.4 is 4.90 Å². The monoisotopic (exact) mass is 330 g/mol. The Hall–Kier alpha value is -2.68. The van der Waals surface area contributed by atoms with Crippen molar-refractivity contribution >= 4 is 22.5 Å². The Labute approximate surface area is 148 Å². The molecule has 0 saturated heterocycles. The maximum absolute atomic E-state index is 13.3. The van der Waals surface area contributed by atoms with Crippen LogP contribution in [0.4, 0.5) is 5.69 Å². The number of aromatic nitrogens is 1. The van der Waals surface area contributed by atoms with Gasteiger partial charge in [-0.15, -0.1) is 0 Å². The van der Waals surface area contributed by atoms with Crippen LogP contribution in [0.2, 0.25) is 0 Å². The average Bonchev–Trinajstić information content (AvgIpc) is 2.60. The SMILES string of the molecule is Cc1ccc2c(c1)CCCN2C(=O)c1cc2cc(C)ccc2nc1C. The third kappa shape index (κ3) is 2.80. The second kappa shape index (κ2) is 5.99. The summed E-state index contributed by atoms with van der Waals surface area (Å²) in [6.07, 6.45) is 2.04. The smallest absolute Gasteiger partial charge is 0.260 e. The van der Waals surface area contributed by atoms with Crippen LogP contribution in [0.5, 0.6) is 0 Å². The van der Waals surface area contributed by atoms with Crippen molar-refractivity contribution in [1.29, 1.82) is 0 Å². The van der Waals surface area contributed by atoms with E-state index in [0.717, 1.165) is 41.7 Å². The number of rotatable bonds is 1. The summed E-state index contributed by atoms with van der Waals surface area (Å²) in [7, 11) is 0. The Morgan fingerprint density at radius 2 is 1.76 bits per heavy atom. The van der Waals surface area contributed by atoms with Crippen LogP contribution in [0.3, 0.4) is 0 Å². The van der Waals surface area contributed by atoms with Gasteiger partial charge in [-0.3, -0.25) is 9.78 Å². The predicted molar refractivity (Wildman–Crippen MR) is 102 cm³/mol. The van der Waals surface area contributed by atoms with Gasteiger partial charge in [0.1, 0.15) is 0 Å². The fourth-order valence-electron chi connectivity index (χ4n) is 3.69. The van der Waals surface area contributed by atoms with Crippen LogP contribution in [-0.2, 0) is 6.42 Å². The molecular formula is C22H22N2O. The zero-order valence-corrected chi connectivity index (χ0v) is 15.0. The Morgan fingerprint density at radius 3 is 2.60 bits per heavy atom. The minimum Gasteiger partial charge on any atom is -0.308 e. The second-order valence-corrected chi connectivity index (χ2v) is 7.01. The second-order valence-electron chi connectivity index (χ2n) is 7.01. The summed E-state index contributed by atoms with van der Waals surface area (Å²) in [4.78, 5) is 19.9. The van der Waals surface area contributed by atoms with Gasteiger partial charge in [-0.1, -0.05) is 29.3 Å². The van der Waals surface area contributed by atoms with Crippen molar-refractivity contribution < 1.29 is 4.79 Å². The van der Waals surface area contributed by atoms with Gasteiger partial charge >= 0.3 is 0 Å². The number of anilines is 1. The van der Waals surface area contributed by atoms with E-state index in [1.54, 1.807) is 0 Å². The number of hydrogen-bond acceptors (Lipinski definition) is 2. The summed E-state index contributed by atoms with van der Waals surface area (Å²) < 4.78 is 0. The molecule has 0 saturated carbocycles. The fraction of sp³-hybridized carbons (Fsp3) is 0.273. The zero-order valence-electron chi connectivity index (χ0n) is 15.0. The molecule has 0 aliphatic carbocycles. The summed E-state index contributed by atoms with van der Waals surface area (Å²) in [5.74, 6) is 0.0539. The lowest BCUT2D eigenvalue weighted by Gasteiger charge is -2.30. The molecule has 4 rings (SSSR count). The highest BCUT2D eigenvalue weighted by Gasteiger charge is 2.25. The maximum atomic E-state index is 13.3. The lowest BCUT2D eigenvalue weighted by atomic mass is 9.98. The number of hydrogen-bond donors (Lipinski definition) is 0. The molecule has 0 N–H and O–H groups in total. The van der Waals surface area contributed by atoms with Crippen molar-refractivity contribution in [2.45, 2.75) is 33.6 Å². The fourth-order valence-corrected chi connectivity index (χ4v) is 3.69. The van der Waals surface area contributed by atoms with E-state index < -0.39 is 0 Å². The van der Waals surface area contributed by atoms with E-state index in [1.165, 1.54) is 16.7 Å². The Bertz CT molecular complexity index is 991. The van der Waals surface area contributed by atoms with Gasteiger partial charge in [-0.25, -0.2) is 0 Å². The molecule has 2 heterocycles. The molecule has 1 aromatic heterocycles. The number of carbonyl (C=O) groups is 1. The quantitative estimate of drug-likeness (QED) is 0.645. The standard InChI is InChI=1S/C22H22N2O/c1-14-6-8-20-18(12-14)13-19(16(3)23-20)22(25)24-10-4-5-17-11-15(2)7-9-21(17)24/h6-9,11-13H,4-5,10H2,1-3H3. The van der Waals surface area contributed by atoms with Gasteiger partial charge in [0.25, 0.3) is 5.91 Å². The molecule has 3 aromatic rings. The first-order valence-corrected chi connectivity index (χ1v) is 8.82. The molecule has 2 aromatic carbocycles. The molecule has 0 fully saturated rings. The molecule has 126 valence electrons. The van der Waals surface area contributed by atoms with E-state index in [4.69, 9.17) is 0 Å². The molecule has 3 nitrogen and oxygen atoms in total. The lowest BCUT2D eigenvalue weighted by Crippen LogP contribution is -2.36. The minimum absolute atomic E-state index is 0.0539. The number of benzene rings is 2. The van der Waals surface area contributed by atoms with Gasteiger partial charge in [-0.2, -0.15) is 0 Å². The highest BCUT2D eigenvalue weighted by Crippen LogP contribution is 2.30. The van der Waals surface area contributed by atoms with Crippen LogP contribution >= 0.6 is 0 Å². The number of aryl methyl sites for hydroxylation is 4. The first kappa shape index (κ1) is 15.8. The van der Waals surface area contributed by atoms with E-state index in [9.17, 15) is 4.79 Å². The largest absolute Gasteiger partial charge is 0.308 e. The van der Waals surface area contributed by atoms with Crippen molar-refractivity contribution in [2.75, 3.05) is 11.4 Å².